The van der Waals surface area contributed by atoms with E-state index >= 15 is 0 Å². The lowest BCUT2D eigenvalue weighted by molar-refractivity contribution is -0.144. The Labute approximate surface area is 144 Å². The van der Waals surface area contributed by atoms with Crippen LogP contribution in [0.4, 0.5) is 0 Å². The largest absolute Gasteiger partial charge is 0.465 e. The van der Waals surface area contributed by atoms with Crippen LogP contribution >= 0.6 is 11.8 Å². The van der Waals surface area contributed by atoms with Crippen molar-refractivity contribution in [2.24, 2.45) is 0 Å². The minimum Gasteiger partial charge on any atom is -0.465 e. The number of ether oxygens (including phenoxy) is 1. The molecule has 0 amide bonds. The topological polar surface area (TPSA) is 87.0 Å². The molecule has 7 nitrogen and oxygen atoms in total. The second kappa shape index (κ2) is 8.39. The predicted octanol–water partition coefficient (Wildman–Crippen LogP) is 2.14. The van der Waals surface area contributed by atoms with Crippen LogP contribution in [0, 0.1) is 0 Å². The normalized spacial score (nSPS) is 11.8. The third-order valence-corrected chi connectivity index (χ3v) is 4.33. The zero-order valence-electron chi connectivity index (χ0n) is 13.5. The average molecular weight is 346 g/mol. The van der Waals surface area contributed by atoms with Crippen molar-refractivity contribution < 1.29 is 14.3 Å². The molecule has 2 aromatic heterocycles. The van der Waals surface area contributed by atoms with Crippen LogP contribution in [-0.2, 0) is 20.9 Å². The molecule has 0 aliphatic heterocycles. The highest BCUT2D eigenvalue weighted by Crippen LogP contribution is 2.27. The van der Waals surface area contributed by atoms with Gasteiger partial charge in [-0.1, -0.05) is 17.8 Å². The number of carbonyl (C=O) groups excluding carboxylic acids is 2. The van der Waals surface area contributed by atoms with Gasteiger partial charge in [0.15, 0.2) is 22.0 Å². The van der Waals surface area contributed by atoms with Gasteiger partial charge >= 0.3 is 5.97 Å². The van der Waals surface area contributed by atoms with E-state index in [9.17, 15) is 9.59 Å². The molecule has 0 spiro atoms. The summed E-state index contributed by atoms with van der Waals surface area (Å²) in [6, 6.07) is 3.62. The highest BCUT2D eigenvalue weighted by molar-refractivity contribution is 8.01. The van der Waals surface area contributed by atoms with Crippen LogP contribution in [0.2, 0.25) is 0 Å². The fourth-order valence-electron chi connectivity index (χ4n) is 2.00. The first-order valence-electron chi connectivity index (χ1n) is 7.36. The van der Waals surface area contributed by atoms with Crippen LogP contribution in [0.5, 0.6) is 0 Å². The first kappa shape index (κ1) is 17.9. The number of ketones is 1. The number of Topliss-reactive ketones (excluding diaryl/α,β-unsaturated/α-hetero) is 1. The second-order valence-electron chi connectivity index (χ2n) is 4.80. The monoisotopic (exact) mass is 346 g/mol. The summed E-state index contributed by atoms with van der Waals surface area (Å²) in [5.74, 6) is -0.253. The van der Waals surface area contributed by atoms with Crippen molar-refractivity contribution in [2.75, 3.05) is 6.61 Å². The molecule has 8 heteroatoms. The molecule has 2 aromatic rings. The number of nitrogens with zero attached hydrogens (tertiary/aromatic N) is 4. The first-order valence-corrected chi connectivity index (χ1v) is 8.24. The number of aromatic nitrogens is 4. The van der Waals surface area contributed by atoms with Crippen LogP contribution < -0.4 is 0 Å². The molecule has 0 aromatic carbocycles. The molecule has 0 saturated heterocycles. The van der Waals surface area contributed by atoms with Gasteiger partial charge in [-0.2, -0.15) is 0 Å². The predicted molar refractivity (Wildman–Crippen MR) is 90.4 cm³/mol. The van der Waals surface area contributed by atoms with Gasteiger partial charge < -0.3 is 4.74 Å². The fraction of sp³-hybridized carbons (Fsp3) is 0.312. The molecule has 0 aliphatic rings. The molecule has 24 heavy (non-hydrogen) atoms. The number of hydrogen-bond donors (Lipinski definition) is 0. The number of thioether (sulfide) groups is 1. The van der Waals surface area contributed by atoms with E-state index in [0.29, 0.717) is 17.5 Å². The summed E-state index contributed by atoms with van der Waals surface area (Å²) in [6.45, 7) is 7.44. The number of rotatable bonds is 8. The molecule has 2 rings (SSSR count). The molecular formula is C16H18N4O3S. The molecule has 126 valence electrons. The van der Waals surface area contributed by atoms with Gasteiger partial charge in [0.05, 0.1) is 6.61 Å². The molecule has 2 heterocycles. The number of hydrogen-bond acceptors (Lipinski definition) is 7. The standard InChI is InChI=1S/C16H18N4O3S/c1-4-10-20-14(12-6-8-17-9-7-12)18-19-16(20)24-13(11(3)21)15(22)23-5-2/h4,6-9,13H,1,5,10H2,2-3H3. The number of esters is 1. The van der Waals surface area contributed by atoms with Crippen LogP contribution in [0.15, 0.2) is 42.3 Å². The fourth-order valence-corrected chi connectivity index (χ4v) is 2.92. The highest BCUT2D eigenvalue weighted by Gasteiger charge is 2.29. The third-order valence-electron chi connectivity index (χ3n) is 3.06. The zero-order valence-corrected chi connectivity index (χ0v) is 14.3. The van der Waals surface area contributed by atoms with Crippen LogP contribution in [0.1, 0.15) is 13.8 Å². The van der Waals surface area contributed by atoms with Crippen molar-refractivity contribution in [3.05, 3.63) is 37.2 Å². The van der Waals surface area contributed by atoms with E-state index in [4.69, 9.17) is 4.74 Å². The van der Waals surface area contributed by atoms with E-state index in [-0.39, 0.29) is 12.4 Å². The summed E-state index contributed by atoms with van der Waals surface area (Å²) in [6.07, 6.45) is 5.02. The molecule has 0 bridgehead atoms. The van der Waals surface area contributed by atoms with E-state index in [1.54, 1.807) is 30.0 Å². The van der Waals surface area contributed by atoms with Gasteiger partial charge in [0.2, 0.25) is 0 Å². The minimum absolute atomic E-state index is 0.213. The van der Waals surface area contributed by atoms with Crippen molar-refractivity contribution >= 4 is 23.5 Å². The van der Waals surface area contributed by atoms with Crippen molar-refractivity contribution in [3.63, 3.8) is 0 Å². The van der Waals surface area contributed by atoms with E-state index in [1.165, 1.54) is 6.92 Å². The summed E-state index contributed by atoms with van der Waals surface area (Å²) in [4.78, 5) is 27.8. The quantitative estimate of drug-likeness (QED) is 0.313. The first-order chi connectivity index (χ1) is 11.6. The molecule has 1 atom stereocenters. The SMILES string of the molecule is C=CCn1c(SC(C(C)=O)C(=O)OCC)nnc1-c1ccncc1. The van der Waals surface area contributed by atoms with Gasteiger partial charge in [0.1, 0.15) is 0 Å². The number of pyridine rings is 1. The van der Waals surface area contributed by atoms with E-state index < -0.39 is 11.2 Å². The highest BCUT2D eigenvalue weighted by atomic mass is 32.2. The maximum atomic E-state index is 12.0. The van der Waals surface area contributed by atoms with Gasteiger partial charge in [-0.05, 0) is 26.0 Å². The third kappa shape index (κ3) is 4.08. The zero-order chi connectivity index (χ0) is 17.5. The lowest BCUT2D eigenvalue weighted by Gasteiger charge is -2.13. The molecule has 0 aliphatic carbocycles. The Kier molecular flexibility index (Phi) is 6.25. The summed E-state index contributed by atoms with van der Waals surface area (Å²) in [5, 5.41) is 7.78. The van der Waals surface area contributed by atoms with E-state index in [0.717, 1.165) is 17.3 Å². The smallest absolute Gasteiger partial charge is 0.327 e. The second-order valence-corrected chi connectivity index (χ2v) is 5.87. The summed E-state index contributed by atoms with van der Waals surface area (Å²) < 4.78 is 6.76. The van der Waals surface area contributed by atoms with Gasteiger partial charge in [-0.25, -0.2) is 0 Å². The van der Waals surface area contributed by atoms with Crippen molar-refractivity contribution in [1.29, 1.82) is 0 Å². The summed E-state index contributed by atoms with van der Waals surface area (Å²) >= 11 is 1.03. The Morgan fingerprint density at radius 1 is 1.38 bits per heavy atom. The molecular weight excluding hydrogens is 328 g/mol. The maximum absolute atomic E-state index is 12.0. The van der Waals surface area contributed by atoms with Gasteiger partial charge in [-0.15, -0.1) is 16.8 Å². The molecule has 0 radical (unpaired) electrons. The molecule has 0 saturated carbocycles. The van der Waals surface area contributed by atoms with Gasteiger partial charge in [0, 0.05) is 24.5 Å². The van der Waals surface area contributed by atoms with Gasteiger partial charge in [0.25, 0.3) is 0 Å². The molecule has 0 fully saturated rings. The molecule has 1 unspecified atom stereocenters. The van der Waals surface area contributed by atoms with Crippen LogP contribution in [0.25, 0.3) is 11.4 Å². The number of allylic oxidation sites excluding steroid dienone is 1. The Hall–Kier alpha value is -2.48. The Morgan fingerprint density at radius 3 is 2.67 bits per heavy atom. The van der Waals surface area contributed by atoms with Crippen molar-refractivity contribution in [1.82, 2.24) is 19.7 Å². The van der Waals surface area contributed by atoms with Gasteiger partial charge in [-0.3, -0.25) is 19.1 Å². The van der Waals surface area contributed by atoms with Crippen LogP contribution in [0.3, 0.4) is 0 Å². The summed E-state index contributed by atoms with van der Waals surface area (Å²) in [7, 11) is 0. The minimum atomic E-state index is -0.969. The Bertz CT molecular complexity index is 730. The van der Waals surface area contributed by atoms with Crippen LogP contribution in [-0.4, -0.2) is 43.4 Å². The maximum Gasteiger partial charge on any atom is 0.327 e. The molecule has 0 N–H and O–H groups in total. The van der Waals surface area contributed by atoms with Crippen molar-refractivity contribution in [2.45, 2.75) is 30.8 Å². The van der Waals surface area contributed by atoms with E-state index in [1.807, 2.05) is 12.1 Å². The van der Waals surface area contributed by atoms with Crippen molar-refractivity contribution in [3.8, 4) is 11.4 Å². The number of carbonyl (C=O) groups is 2. The Balaban J connectivity index is 2.36. The van der Waals surface area contributed by atoms with E-state index in [2.05, 4.69) is 21.8 Å². The lowest BCUT2D eigenvalue weighted by atomic mass is 10.2. The Morgan fingerprint density at radius 2 is 2.08 bits per heavy atom. The lowest BCUT2D eigenvalue weighted by Crippen LogP contribution is -2.27. The average Bonchev–Trinajstić information content (AvgIpc) is 2.96. The summed E-state index contributed by atoms with van der Waals surface area (Å²) in [5.41, 5.74) is 0.835.